The minimum Gasteiger partial charge on any atom is -0.497 e. The van der Waals surface area contributed by atoms with Crippen LogP contribution in [-0.4, -0.2) is 28.2 Å². The monoisotopic (exact) mass is 390 g/mol. The number of amides is 1. The molecular formula is C21H18N4O4. The van der Waals surface area contributed by atoms with Gasteiger partial charge < -0.3 is 19.2 Å². The minimum atomic E-state index is -0.395. The number of ether oxygens (including phenoxy) is 2. The number of nitrogens with zero attached hydrogens (tertiary/aromatic N) is 2. The molecule has 1 amide bonds. The second-order valence-electron chi connectivity index (χ2n) is 6.09. The van der Waals surface area contributed by atoms with E-state index in [1.807, 2.05) is 12.1 Å². The molecule has 0 aliphatic heterocycles. The third-order valence-corrected chi connectivity index (χ3v) is 4.14. The van der Waals surface area contributed by atoms with Crippen molar-refractivity contribution in [2.75, 3.05) is 12.4 Å². The zero-order valence-corrected chi connectivity index (χ0v) is 15.6. The van der Waals surface area contributed by atoms with Crippen molar-refractivity contribution in [1.82, 2.24) is 15.2 Å². The smallest absolute Gasteiger partial charge is 0.292 e. The molecule has 8 nitrogen and oxygen atoms in total. The van der Waals surface area contributed by atoms with Crippen molar-refractivity contribution in [1.29, 1.82) is 0 Å². The highest BCUT2D eigenvalue weighted by Gasteiger charge is 2.14. The van der Waals surface area contributed by atoms with Crippen LogP contribution in [-0.2, 0) is 6.61 Å². The number of rotatable bonds is 7. The van der Waals surface area contributed by atoms with Crippen LogP contribution >= 0.6 is 0 Å². The average molecular weight is 390 g/mol. The van der Waals surface area contributed by atoms with E-state index in [2.05, 4.69) is 20.5 Å². The van der Waals surface area contributed by atoms with Gasteiger partial charge in [-0.15, -0.1) is 0 Å². The van der Waals surface area contributed by atoms with Gasteiger partial charge in [-0.05, 0) is 48.5 Å². The van der Waals surface area contributed by atoms with Gasteiger partial charge in [0.05, 0.1) is 12.8 Å². The Morgan fingerprint density at radius 1 is 1.07 bits per heavy atom. The Labute approximate surface area is 166 Å². The van der Waals surface area contributed by atoms with Crippen molar-refractivity contribution in [2.24, 2.45) is 0 Å². The highest BCUT2D eigenvalue weighted by molar-refractivity contribution is 6.01. The standard InChI is InChI=1S/C21H18N4O4/c1-27-15-2-4-16(5-3-15)28-13-17-6-7-19(29-17)21(26)23-20-12-18(24-25-20)14-8-10-22-11-9-14/h2-12H,13H2,1H3,(H2,23,24,25,26). The highest BCUT2D eigenvalue weighted by Crippen LogP contribution is 2.21. The summed E-state index contributed by atoms with van der Waals surface area (Å²) in [7, 11) is 1.61. The van der Waals surface area contributed by atoms with Gasteiger partial charge in [0, 0.05) is 24.0 Å². The number of H-pyrrole nitrogens is 1. The Morgan fingerprint density at radius 3 is 2.59 bits per heavy atom. The Kier molecular flexibility index (Phi) is 5.24. The van der Waals surface area contributed by atoms with E-state index < -0.39 is 5.91 Å². The van der Waals surface area contributed by atoms with Gasteiger partial charge >= 0.3 is 0 Å². The second kappa shape index (κ2) is 8.30. The Hall–Kier alpha value is -4.07. The number of anilines is 1. The van der Waals surface area contributed by atoms with Crippen LogP contribution in [0.25, 0.3) is 11.3 Å². The molecule has 4 aromatic rings. The largest absolute Gasteiger partial charge is 0.497 e. The van der Waals surface area contributed by atoms with E-state index in [1.54, 1.807) is 62.0 Å². The van der Waals surface area contributed by atoms with E-state index >= 15 is 0 Å². The Balaban J connectivity index is 1.35. The van der Waals surface area contributed by atoms with Crippen LogP contribution in [0.4, 0.5) is 5.82 Å². The molecule has 0 saturated heterocycles. The number of benzene rings is 1. The fourth-order valence-corrected chi connectivity index (χ4v) is 2.65. The lowest BCUT2D eigenvalue weighted by Gasteiger charge is -2.05. The van der Waals surface area contributed by atoms with E-state index in [1.165, 1.54) is 0 Å². The first-order valence-corrected chi connectivity index (χ1v) is 8.84. The summed E-state index contributed by atoms with van der Waals surface area (Å²) < 4.78 is 16.3. The third-order valence-electron chi connectivity index (χ3n) is 4.14. The summed E-state index contributed by atoms with van der Waals surface area (Å²) in [5.74, 6) is 2.13. The van der Waals surface area contributed by atoms with Crippen LogP contribution in [0.5, 0.6) is 11.5 Å². The number of aromatic nitrogens is 3. The summed E-state index contributed by atoms with van der Waals surface area (Å²) >= 11 is 0. The van der Waals surface area contributed by atoms with Crippen molar-refractivity contribution < 1.29 is 18.7 Å². The summed E-state index contributed by atoms with van der Waals surface area (Å²) in [5, 5.41) is 9.68. The maximum absolute atomic E-state index is 12.4. The van der Waals surface area contributed by atoms with Crippen molar-refractivity contribution in [3.05, 3.63) is 78.5 Å². The fourth-order valence-electron chi connectivity index (χ4n) is 2.65. The Bertz CT molecular complexity index is 1090. The fraction of sp³-hybridized carbons (Fsp3) is 0.0952. The number of furan rings is 1. The quantitative estimate of drug-likeness (QED) is 0.496. The molecule has 0 spiro atoms. The van der Waals surface area contributed by atoms with Gasteiger partial charge in [-0.1, -0.05) is 0 Å². The zero-order chi connectivity index (χ0) is 20.1. The van der Waals surface area contributed by atoms with E-state index in [-0.39, 0.29) is 12.4 Å². The molecule has 3 heterocycles. The molecule has 3 aromatic heterocycles. The van der Waals surface area contributed by atoms with Gasteiger partial charge in [0.2, 0.25) is 0 Å². The first kappa shape index (κ1) is 18.3. The number of carbonyl (C=O) groups is 1. The van der Waals surface area contributed by atoms with Crippen LogP contribution in [0.3, 0.4) is 0 Å². The first-order valence-electron chi connectivity index (χ1n) is 8.84. The molecule has 1 aromatic carbocycles. The molecule has 4 rings (SSSR count). The molecule has 0 fully saturated rings. The molecule has 2 N–H and O–H groups in total. The maximum Gasteiger partial charge on any atom is 0.292 e. The summed E-state index contributed by atoms with van der Waals surface area (Å²) in [6, 6.07) is 15.9. The van der Waals surface area contributed by atoms with E-state index in [4.69, 9.17) is 13.9 Å². The number of hydrogen-bond donors (Lipinski definition) is 2. The lowest BCUT2D eigenvalue weighted by Crippen LogP contribution is -2.11. The molecule has 0 unspecified atom stereocenters. The normalized spacial score (nSPS) is 10.5. The number of nitrogens with one attached hydrogen (secondary N) is 2. The van der Waals surface area contributed by atoms with Gasteiger partial charge in [-0.2, -0.15) is 5.10 Å². The number of methoxy groups -OCH3 is 1. The topological polar surface area (TPSA) is 102 Å². The lowest BCUT2D eigenvalue weighted by molar-refractivity contribution is 0.0992. The van der Waals surface area contributed by atoms with Crippen molar-refractivity contribution >= 4 is 11.7 Å². The predicted octanol–water partition coefficient (Wildman–Crippen LogP) is 3.90. The SMILES string of the molecule is COc1ccc(OCc2ccc(C(=O)Nc3cc(-c4ccncc4)[nH]n3)o2)cc1. The Morgan fingerprint density at radius 2 is 1.83 bits per heavy atom. The predicted molar refractivity (Wildman–Crippen MR) is 106 cm³/mol. The molecule has 8 heteroatoms. The van der Waals surface area contributed by atoms with Crippen molar-refractivity contribution in [3.63, 3.8) is 0 Å². The third kappa shape index (κ3) is 4.44. The van der Waals surface area contributed by atoms with E-state index in [0.29, 0.717) is 17.3 Å². The molecule has 0 saturated carbocycles. The van der Waals surface area contributed by atoms with Crippen LogP contribution in [0.1, 0.15) is 16.3 Å². The molecule has 29 heavy (non-hydrogen) atoms. The molecule has 0 atom stereocenters. The number of aromatic amines is 1. The van der Waals surface area contributed by atoms with Gasteiger partial charge in [0.1, 0.15) is 23.9 Å². The van der Waals surface area contributed by atoms with E-state index in [9.17, 15) is 4.79 Å². The van der Waals surface area contributed by atoms with Crippen LogP contribution < -0.4 is 14.8 Å². The molecule has 146 valence electrons. The lowest BCUT2D eigenvalue weighted by atomic mass is 10.2. The summed E-state index contributed by atoms with van der Waals surface area (Å²) in [5.41, 5.74) is 1.69. The van der Waals surface area contributed by atoms with Crippen LogP contribution in [0.15, 0.2) is 71.4 Å². The molecule has 0 radical (unpaired) electrons. The minimum absolute atomic E-state index is 0.173. The number of pyridine rings is 1. The summed E-state index contributed by atoms with van der Waals surface area (Å²) in [6.07, 6.45) is 3.37. The zero-order valence-electron chi connectivity index (χ0n) is 15.6. The molecule has 0 aliphatic rings. The highest BCUT2D eigenvalue weighted by atomic mass is 16.5. The van der Waals surface area contributed by atoms with Crippen molar-refractivity contribution in [2.45, 2.75) is 6.61 Å². The van der Waals surface area contributed by atoms with Gasteiger partial charge in [0.25, 0.3) is 5.91 Å². The molecular weight excluding hydrogens is 372 g/mol. The second-order valence-corrected chi connectivity index (χ2v) is 6.09. The van der Waals surface area contributed by atoms with Crippen LogP contribution in [0.2, 0.25) is 0 Å². The number of carbonyl (C=O) groups excluding carboxylic acids is 1. The first-order chi connectivity index (χ1) is 14.2. The van der Waals surface area contributed by atoms with E-state index in [0.717, 1.165) is 17.0 Å². The average Bonchev–Trinajstić information content (AvgIpc) is 3.43. The van der Waals surface area contributed by atoms with Gasteiger partial charge in [-0.25, -0.2) is 0 Å². The number of hydrogen-bond acceptors (Lipinski definition) is 6. The van der Waals surface area contributed by atoms with Crippen molar-refractivity contribution in [3.8, 4) is 22.8 Å². The summed E-state index contributed by atoms with van der Waals surface area (Å²) in [4.78, 5) is 16.4. The maximum atomic E-state index is 12.4. The molecule has 0 aliphatic carbocycles. The van der Waals surface area contributed by atoms with Crippen LogP contribution in [0, 0.1) is 0 Å². The van der Waals surface area contributed by atoms with Gasteiger partial charge in [0.15, 0.2) is 11.6 Å². The molecule has 0 bridgehead atoms. The summed E-state index contributed by atoms with van der Waals surface area (Å²) in [6.45, 7) is 0.203. The van der Waals surface area contributed by atoms with Gasteiger partial charge in [-0.3, -0.25) is 14.9 Å².